The molecule has 1 aliphatic rings. The number of anilines is 1. The Morgan fingerprint density at radius 3 is 3.22 bits per heavy atom. The first kappa shape index (κ1) is 13.4. The van der Waals surface area contributed by atoms with Crippen LogP contribution in [-0.4, -0.2) is 36.7 Å². The summed E-state index contributed by atoms with van der Waals surface area (Å²) in [5.74, 6) is 1.39. The lowest BCUT2D eigenvalue weighted by Crippen LogP contribution is -2.30. The number of aromatic nitrogens is 2. The highest BCUT2D eigenvalue weighted by molar-refractivity contribution is 6.32. The fourth-order valence-electron chi connectivity index (χ4n) is 2.14. The van der Waals surface area contributed by atoms with E-state index in [1.165, 1.54) is 12.8 Å². The van der Waals surface area contributed by atoms with Gasteiger partial charge in [0, 0.05) is 6.54 Å². The van der Waals surface area contributed by atoms with Gasteiger partial charge in [0.15, 0.2) is 5.82 Å². The minimum atomic E-state index is 0.334. The van der Waals surface area contributed by atoms with Gasteiger partial charge in [-0.05, 0) is 38.3 Å². The summed E-state index contributed by atoms with van der Waals surface area (Å²) >= 11 is 6.02. The molecular weight excluding hydrogens is 252 g/mol. The van der Waals surface area contributed by atoms with Crippen molar-refractivity contribution in [2.75, 3.05) is 32.1 Å². The van der Waals surface area contributed by atoms with Crippen molar-refractivity contribution in [1.82, 2.24) is 15.3 Å². The van der Waals surface area contributed by atoms with Crippen LogP contribution in [0.1, 0.15) is 19.3 Å². The minimum Gasteiger partial charge on any atom is -0.467 e. The number of piperidine rings is 1. The third-order valence-electron chi connectivity index (χ3n) is 3.15. The minimum absolute atomic E-state index is 0.334. The van der Waals surface area contributed by atoms with Crippen molar-refractivity contribution < 1.29 is 4.74 Å². The second kappa shape index (κ2) is 6.75. The van der Waals surface area contributed by atoms with Gasteiger partial charge in [0.05, 0.1) is 13.3 Å². The van der Waals surface area contributed by atoms with Crippen molar-refractivity contribution >= 4 is 17.4 Å². The molecule has 1 aliphatic heterocycles. The van der Waals surface area contributed by atoms with E-state index in [-0.39, 0.29) is 0 Å². The topological polar surface area (TPSA) is 59.1 Å². The first-order valence-corrected chi connectivity index (χ1v) is 6.68. The van der Waals surface area contributed by atoms with Crippen LogP contribution in [-0.2, 0) is 0 Å². The van der Waals surface area contributed by atoms with Crippen molar-refractivity contribution in [2.45, 2.75) is 19.3 Å². The highest BCUT2D eigenvalue weighted by Crippen LogP contribution is 2.21. The van der Waals surface area contributed by atoms with E-state index >= 15 is 0 Å². The average Bonchev–Trinajstić information content (AvgIpc) is 2.42. The predicted octanol–water partition coefficient (Wildman–Crippen LogP) is 1.94. The van der Waals surface area contributed by atoms with Crippen molar-refractivity contribution in [3.05, 3.63) is 11.2 Å². The number of hydrogen-bond acceptors (Lipinski definition) is 5. The molecular formula is C12H19ClN4O. The lowest BCUT2D eigenvalue weighted by atomic mass is 9.96. The number of halogens is 1. The van der Waals surface area contributed by atoms with Gasteiger partial charge in [-0.3, -0.25) is 0 Å². The van der Waals surface area contributed by atoms with E-state index in [9.17, 15) is 0 Å². The quantitative estimate of drug-likeness (QED) is 0.856. The summed E-state index contributed by atoms with van der Waals surface area (Å²) in [6, 6.07) is 0.334. The first-order chi connectivity index (χ1) is 8.79. The maximum Gasteiger partial charge on any atom is 0.318 e. The molecule has 1 atom stereocenters. The van der Waals surface area contributed by atoms with Crippen molar-refractivity contribution in [3.8, 4) is 6.01 Å². The van der Waals surface area contributed by atoms with Crippen LogP contribution in [0, 0.1) is 5.92 Å². The molecule has 0 spiro atoms. The van der Waals surface area contributed by atoms with Crippen LogP contribution in [0.15, 0.2) is 6.20 Å². The SMILES string of the molecule is COc1ncc(Cl)c(NCCC2CCCNC2)n1. The zero-order valence-corrected chi connectivity index (χ0v) is 11.3. The number of nitrogens with one attached hydrogen (secondary N) is 2. The van der Waals surface area contributed by atoms with Gasteiger partial charge < -0.3 is 15.4 Å². The van der Waals surface area contributed by atoms with Crippen molar-refractivity contribution in [1.29, 1.82) is 0 Å². The zero-order chi connectivity index (χ0) is 12.8. The van der Waals surface area contributed by atoms with Gasteiger partial charge >= 0.3 is 6.01 Å². The first-order valence-electron chi connectivity index (χ1n) is 6.30. The van der Waals surface area contributed by atoms with Crippen LogP contribution >= 0.6 is 11.6 Å². The summed E-state index contributed by atoms with van der Waals surface area (Å²) in [7, 11) is 1.54. The molecule has 0 aromatic carbocycles. The fourth-order valence-corrected chi connectivity index (χ4v) is 2.30. The Bertz CT molecular complexity index is 382. The van der Waals surface area contributed by atoms with Gasteiger partial charge in [-0.25, -0.2) is 4.98 Å². The van der Waals surface area contributed by atoms with Crippen LogP contribution in [0.4, 0.5) is 5.82 Å². The summed E-state index contributed by atoms with van der Waals surface area (Å²) in [6.07, 6.45) is 5.25. The van der Waals surface area contributed by atoms with E-state index in [0.29, 0.717) is 16.9 Å². The molecule has 1 unspecified atom stereocenters. The van der Waals surface area contributed by atoms with Gasteiger partial charge in [0.25, 0.3) is 0 Å². The predicted molar refractivity (Wildman–Crippen MR) is 72.3 cm³/mol. The van der Waals surface area contributed by atoms with Gasteiger partial charge in [-0.15, -0.1) is 0 Å². The highest BCUT2D eigenvalue weighted by Gasteiger charge is 2.13. The van der Waals surface area contributed by atoms with Gasteiger partial charge in [-0.1, -0.05) is 11.6 Å². The third-order valence-corrected chi connectivity index (χ3v) is 3.43. The molecule has 2 rings (SSSR count). The molecule has 18 heavy (non-hydrogen) atoms. The lowest BCUT2D eigenvalue weighted by Gasteiger charge is -2.22. The molecule has 0 amide bonds. The highest BCUT2D eigenvalue weighted by atomic mass is 35.5. The number of nitrogens with zero attached hydrogens (tertiary/aromatic N) is 2. The maximum atomic E-state index is 6.02. The largest absolute Gasteiger partial charge is 0.467 e. The molecule has 1 aromatic rings. The number of rotatable bonds is 5. The smallest absolute Gasteiger partial charge is 0.318 e. The molecule has 6 heteroatoms. The molecule has 0 saturated carbocycles. The summed E-state index contributed by atoms with van der Waals surface area (Å²) in [4.78, 5) is 8.12. The Kier molecular flexibility index (Phi) is 5.01. The fraction of sp³-hybridized carbons (Fsp3) is 0.667. The molecule has 0 bridgehead atoms. The Morgan fingerprint density at radius 2 is 2.50 bits per heavy atom. The van der Waals surface area contributed by atoms with Crippen LogP contribution in [0.2, 0.25) is 5.02 Å². The molecule has 100 valence electrons. The van der Waals surface area contributed by atoms with Gasteiger partial charge in [0.1, 0.15) is 5.02 Å². The summed E-state index contributed by atoms with van der Waals surface area (Å²) in [5.41, 5.74) is 0. The Morgan fingerprint density at radius 1 is 1.61 bits per heavy atom. The summed E-state index contributed by atoms with van der Waals surface area (Å²) in [6.45, 7) is 3.13. The van der Waals surface area contributed by atoms with Crippen LogP contribution in [0.5, 0.6) is 6.01 Å². The van der Waals surface area contributed by atoms with E-state index in [2.05, 4.69) is 20.6 Å². The molecule has 0 aliphatic carbocycles. The number of ether oxygens (including phenoxy) is 1. The molecule has 1 saturated heterocycles. The zero-order valence-electron chi connectivity index (χ0n) is 10.6. The molecule has 1 aromatic heterocycles. The van der Waals surface area contributed by atoms with E-state index in [1.807, 2.05) is 0 Å². The van der Waals surface area contributed by atoms with Gasteiger partial charge in [0.2, 0.25) is 0 Å². The van der Waals surface area contributed by atoms with Gasteiger partial charge in [-0.2, -0.15) is 4.98 Å². The van der Waals surface area contributed by atoms with E-state index in [0.717, 1.165) is 32.0 Å². The molecule has 2 N–H and O–H groups in total. The monoisotopic (exact) mass is 270 g/mol. The normalized spacial score (nSPS) is 19.6. The number of hydrogen-bond donors (Lipinski definition) is 2. The van der Waals surface area contributed by atoms with Crippen LogP contribution < -0.4 is 15.4 Å². The standard InChI is InChI=1S/C12H19ClN4O/c1-18-12-16-8-10(13)11(17-12)15-6-4-9-3-2-5-14-7-9/h8-9,14H,2-7H2,1H3,(H,15,16,17). The molecule has 0 radical (unpaired) electrons. The van der Waals surface area contributed by atoms with E-state index < -0.39 is 0 Å². The molecule has 2 heterocycles. The van der Waals surface area contributed by atoms with E-state index in [1.54, 1.807) is 13.3 Å². The Balaban J connectivity index is 1.81. The summed E-state index contributed by atoms with van der Waals surface area (Å²) < 4.78 is 4.98. The molecule has 1 fully saturated rings. The lowest BCUT2D eigenvalue weighted by molar-refractivity contribution is 0.364. The van der Waals surface area contributed by atoms with Crippen LogP contribution in [0.25, 0.3) is 0 Å². The van der Waals surface area contributed by atoms with Crippen molar-refractivity contribution in [3.63, 3.8) is 0 Å². The second-order valence-corrected chi connectivity index (χ2v) is 4.89. The summed E-state index contributed by atoms with van der Waals surface area (Å²) in [5, 5.41) is 7.18. The number of methoxy groups -OCH3 is 1. The van der Waals surface area contributed by atoms with E-state index in [4.69, 9.17) is 16.3 Å². The Labute approximate surface area is 112 Å². The molecule has 5 nitrogen and oxygen atoms in total. The second-order valence-electron chi connectivity index (χ2n) is 4.48. The maximum absolute atomic E-state index is 6.02. The van der Waals surface area contributed by atoms with Crippen molar-refractivity contribution in [2.24, 2.45) is 5.92 Å². The van der Waals surface area contributed by atoms with Crippen LogP contribution in [0.3, 0.4) is 0 Å². The average molecular weight is 271 g/mol. The third kappa shape index (κ3) is 3.71. The Hall–Kier alpha value is -1.07.